The Balaban J connectivity index is 1.94. The van der Waals surface area contributed by atoms with Gasteiger partial charge in [0, 0.05) is 26.2 Å². The number of fused-ring (bicyclic) bond motifs is 1. The van der Waals surface area contributed by atoms with Crippen molar-refractivity contribution in [2.45, 2.75) is 31.4 Å². The fourth-order valence-electron chi connectivity index (χ4n) is 3.24. The van der Waals surface area contributed by atoms with Crippen LogP contribution in [0.25, 0.3) is 11.0 Å². The molecule has 1 aromatic heterocycles. The van der Waals surface area contributed by atoms with Gasteiger partial charge >= 0.3 is 6.18 Å². The first-order valence-electron chi connectivity index (χ1n) is 8.66. The number of nitrogens with two attached hydrogens (primary N) is 1. The number of amides is 1. The topological polar surface area (TPSA) is 67.4 Å². The number of alkyl halides is 4. The molecule has 2 aromatic rings. The number of carbonyl (C=O) groups excluding carboxylic acids is 1. The number of imidazole rings is 1. The van der Waals surface area contributed by atoms with Crippen molar-refractivity contribution < 1.29 is 26.7 Å². The number of hydrogen-bond acceptors (Lipinski definition) is 4. The molecular formula is C17H20F5N5O. The van der Waals surface area contributed by atoms with Gasteiger partial charge in [-0.05, 0) is 18.6 Å². The van der Waals surface area contributed by atoms with Crippen molar-refractivity contribution in [1.29, 1.82) is 0 Å². The number of hydrogen-bond donors (Lipinski definition) is 1. The van der Waals surface area contributed by atoms with Crippen LogP contribution in [0.1, 0.15) is 6.42 Å². The number of benzene rings is 1. The predicted octanol–water partition coefficient (Wildman–Crippen LogP) is 2.07. The van der Waals surface area contributed by atoms with Crippen LogP contribution in [0.15, 0.2) is 18.2 Å². The largest absolute Gasteiger partial charge is 0.406 e. The summed E-state index contributed by atoms with van der Waals surface area (Å²) in [7, 11) is 1.05. The van der Waals surface area contributed by atoms with Gasteiger partial charge in [0.05, 0.1) is 17.1 Å². The van der Waals surface area contributed by atoms with E-state index < -0.39 is 43.2 Å². The molecule has 11 heteroatoms. The van der Waals surface area contributed by atoms with Crippen molar-refractivity contribution in [3.05, 3.63) is 24.0 Å². The second-order valence-corrected chi connectivity index (χ2v) is 6.91. The van der Waals surface area contributed by atoms with E-state index in [4.69, 9.17) is 5.73 Å². The van der Waals surface area contributed by atoms with Gasteiger partial charge in [-0.25, -0.2) is 13.8 Å². The summed E-state index contributed by atoms with van der Waals surface area (Å²) >= 11 is 0. The SMILES string of the molecule is CN(CC(F)(F)F)C(=O)Cn1c(N2CC[C@@H](F)[C@H](N)C2)nc2cc(F)ccc21. The van der Waals surface area contributed by atoms with Crippen LogP contribution in [0.5, 0.6) is 0 Å². The Hall–Kier alpha value is -2.43. The molecule has 3 rings (SSSR count). The minimum Gasteiger partial charge on any atom is -0.340 e. The molecule has 1 aromatic carbocycles. The van der Waals surface area contributed by atoms with E-state index >= 15 is 0 Å². The van der Waals surface area contributed by atoms with Crippen LogP contribution in [-0.2, 0) is 11.3 Å². The van der Waals surface area contributed by atoms with Gasteiger partial charge in [0.15, 0.2) is 0 Å². The zero-order chi connectivity index (χ0) is 20.6. The molecule has 1 saturated heterocycles. The molecule has 6 nitrogen and oxygen atoms in total. The maximum Gasteiger partial charge on any atom is 0.406 e. The van der Waals surface area contributed by atoms with Crippen LogP contribution in [0, 0.1) is 5.82 Å². The van der Waals surface area contributed by atoms with Crippen molar-refractivity contribution >= 4 is 22.9 Å². The van der Waals surface area contributed by atoms with Crippen molar-refractivity contribution in [3.8, 4) is 0 Å². The van der Waals surface area contributed by atoms with Gasteiger partial charge in [0.2, 0.25) is 11.9 Å². The van der Waals surface area contributed by atoms with E-state index in [1.54, 1.807) is 4.90 Å². The van der Waals surface area contributed by atoms with Crippen LogP contribution in [-0.4, -0.2) is 65.4 Å². The number of aromatic nitrogens is 2. The zero-order valence-corrected chi connectivity index (χ0v) is 15.1. The van der Waals surface area contributed by atoms with E-state index in [0.29, 0.717) is 10.4 Å². The number of anilines is 1. The number of carbonyl (C=O) groups is 1. The summed E-state index contributed by atoms with van der Waals surface area (Å²) in [5, 5.41) is 0. The molecule has 0 radical (unpaired) electrons. The van der Waals surface area contributed by atoms with E-state index in [2.05, 4.69) is 4.98 Å². The summed E-state index contributed by atoms with van der Waals surface area (Å²) < 4.78 is 66.4. The minimum absolute atomic E-state index is 0.125. The van der Waals surface area contributed by atoms with E-state index in [1.165, 1.54) is 22.8 Å². The molecule has 28 heavy (non-hydrogen) atoms. The monoisotopic (exact) mass is 405 g/mol. The second kappa shape index (κ2) is 7.53. The van der Waals surface area contributed by atoms with Gasteiger partial charge in [0.25, 0.3) is 0 Å². The third-order valence-electron chi connectivity index (χ3n) is 4.68. The van der Waals surface area contributed by atoms with E-state index in [9.17, 15) is 26.7 Å². The Morgan fingerprint density at radius 3 is 2.75 bits per heavy atom. The number of piperidine rings is 1. The fourth-order valence-corrected chi connectivity index (χ4v) is 3.24. The van der Waals surface area contributed by atoms with Gasteiger partial charge in [-0.15, -0.1) is 0 Å². The summed E-state index contributed by atoms with van der Waals surface area (Å²) in [5.74, 6) is -1.08. The lowest BCUT2D eigenvalue weighted by Gasteiger charge is -2.34. The summed E-state index contributed by atoms with van der Waals surface area (Å²) in [6.07, 6.45) is -5.55. The summed E-state index contributed by atoms with van der Waals surface area (Å²) in [6, 6.07) is 2.98. The van der Waals surface area contributed by atoms with E-state index in [0.717, 1.165) is 7.05 Å². The van der Waals surface area contributed by atoms with Crippen LogP contribution in [0.3, 0.4) is 0 Å². The molecule has 1 aliphatic rings. The third-order valence-corrected chi connectivity index (χ3v) is 4.68. The highest BCUT2D eigenvalue weighted by atomic mass is 19.4. The maximum absolute atomic E-state index is 13.7. The Bertz CT molecular complexity index is 867. The van der Waals surface area contributed by atoms with Crippen molar-refractivity contribution in [2.24, 2.45) is 5.73 Å². The highest BCUT2D eigenvalue weighted by molar-refractivity contribution is 5.83. The molecule has 0 saturated carbocycles. The molecule has 2 atom stereocenters. The normalized spacial score (nSPS) is 20.6. The molecule has 2 N–H and O–H groups in total. The molecule has 0 bridgehead atoms. The predicted molar refractivity (Wildman–Crippen MR) is 93.1 cm³/mol. The lowest BCUT2D eigenvalue weighted by atomic mass is 10.1. The molecule has 1 fully saturated rings. The average molecular weight is 405 g/mol. The van der Waals surface area contributed by atoms with Crippen LogP contribution >= 0.6 is 0 Å². The zero-order valence-electron chi connectivity index (χ0n) is 15.1. The molecule has 2 heterocycles. The van der Waals surface area contributed by atoms with Gasteiger partial charge < -0.3 is 20.1 Å². The molecule has 0 unspecified atom stereocenters. The number of nitrogens with zero attached hydrogens (tertiary/aromatic N) is 4. The molecule has 1 amide bonds. The second-order valence-electron chi connectivity index (χ2n) is 6.91. The van der Waals surface area contributed by atoms with Gasteiger partial charge in [0.1, 0.15) is 25.1 Å². The fraction of sp³-hybridized carbons (Fsp3) is 0.529. The van der Waals surface area contributed by atoms with Gasteiger partial charge in [-0.3, -0.25) is 4.79 Å². The number of rotatable bonds is 4. The molecular weight excluding hydrogens is 385 g/mol. The molecule has 1 aliphatic heterocycles. The maximum atomic E-state index is 13.7. The molecule has 0 spiro atoms. The van der Waals surface area contributed by atoms with Gasteiger partial charge in [-0.1, -0.05) is 0 Å². The molecule has 0 aliphatic carbocycles. The first kappa shape index (κ1) is 20.3. The summed E-state index contributed by atoms with van der Waals surface area (Å²) in [4.78, 5) is 18.9. The highest BCUT2D eigenvalue weighted by Crippen LogP contribution is 2.27. The lowest BCUT2D eigenvalue weighted by Crippen LogP contribution is -2.50. The first-order chi connectivity index (χ1) is 13.0. The third kappa shape index (κ3) is 4.34. The Morgan fingerprint density at radius 2 is 2.11 bits per heavy atom. The quantitative estimate of drug-likeness (QED) is 0.791. The standard InChI is InChI=1S/C17H20F5N5O/c1-25(9-17(20,21)22)15(28)8-27-14-3-2-10(18)6-13(14)24-16(27)26-5-4-11(19)12(23)7-26/h2-3,6,11-12H,4-5,7-9,23H2,1H3/t11-,12-/m1/s1. The highest BCUT2D eigenvalue weighted by Gasteiger charge is 2.33. The van der Waals surface area contributed by atoms with Crippen LogP contribution in [0.4, 0.5) is 27.9 Å². The smallest absolute Gasteiger partial charge is 0.340 e. The van der Waals surface area contributed by atoms with Gasteiger partial charge in [-0.2, -0.15) is 13.2 Å². The lowest BCUT2D eigenvalue weighted by molar-refractivity contribution is -0.158. The number of halogens is 5. The summed E-state index contributed by atoms with van der Waals surface area (Å²) in [6.45, 7) is -1.41. The Morgan fingerprint density at radius 1 is 1.39 bits per heavy atom. The van der Waals surface area contributed by atoms with E-state index in [1.807, 2.05) is 0 Å². The van der Waals surface area contributed by atoms with Crippen molar-refractivity contribution in [3.63, 3.8) is 0 Å². The van der Waals surface area contributed by atoms with Crippen molar-refractivity contribution in [1.82, 2.24) is 14.5 Å². The summed E-state index contributed by atoms with van der Waals surface area (Å²) in [5.41, 5.74) is 6.42. The van der Waals surface area contributed by atoms with E-state index in [-0.39, 0.29) is 31.0 Å². The van der Waals surface area contributed by atoms with Crippen LogP contribution in [0.2, 0.25) is 0 Å². The Kier molecular flexibility index (Phi) is 5.46. The number of likely N-dealkylation sites (N-methyl/N-ethyl adjacent to an activating group) is 1. The molecule has 154 valence electrons. The average Bonchev–Trinajstić information content (AvgIpc) is 2.93. The van der Waals surface area contributed by atoms with Crippen LogP contribution < -0.4 is 10.6 Å². The minimum atomic E-state index is -4.52. The first-order valence-corrected chi connectivity index (χ1v) is 8.66. The van der Waals surface area contributed by atoms with Crippen molar-refractivity contribution in [2.75, 3.05) is 31.6 Å². The Labute approximate surface area is 157 Å².